The van der Waals surface area contributed by atoms with Gasteiger partial charge >= 0.3 is 0 Å². The molecule has 1 aromatic rings. The van der Waals surface area contributed by atoms with Gasteiger partial charge < -0.3 is 20.4 Å². The van der Waals surface area contributed by atoms with Gasteiger partial charge in [0.2, 0.25) is 5.91 Å². The number of nitrogens with zero attached hydrogens (tertiary/aromatic N) is 1. The van der Waals surface area contributed by atoms with Crippen molar-refractivity contribution in [1.29, 1.82) is 0 Å². The zero-order valence-corrected chi connectivity index (χ0v) is 21.7. The molecule has 34 heavy (non-hydrogen) atoms. The molecule has 0 bridgehead atoms. The number of halogens is 1. The standard InChI is InChI=1S/C28H45ClN2O3/c1-30-20-23(17-22-9-3-2-4-10-22)18-27(33)31-15-8-12-25(21-31)28(34,14-5-6-16-32)24-11-7-13-26(29)19-24/h7,11,13,19,22-23,25,30,32,34H,2-6,8-10,12,14-18,20-21H2,1H3/t23-,25-,28-/m1/s1. The Labute approximate surface area is 211 Å². The van der Waals surface area contributed by atoms with Crippen LogP contribution in [0.4, 0.5) is 0 Å². The second-order valence-corrected chi connectivity index (χ2v) is 11.1. The maximum Gasteiger partial charge on any atom is 0.222 e. The average molecular weight is 493 g/mol. The molecule has 2 aliphatic rings. The topological polar surface area (TPSA) is 72.8 Å². The monoisotopic (exact) mass is 492 g/mol. The van der Waals surface area contributed by atoms with E-state index in [-0.39, 0.29) is 18.4 Å². The minimum absolute atomic E-state index is 0.0385. The first-order chi connectivity index (χ1) is 16.5. The minimum Gasteiger partial charge on any atom is -0.396 e. The number of carbonyl (C=O) groups is 1. The highest BCUT2D eigenvalue weighted by atomic mass is 35.5. The van der Waals surface area contributed by atoms with E-state index in [4.69, 9.17) is 11.6 Å². The zero-order chi connectivity index (χ0) is 24.4. The smallest absolute Gasteiger partial charge is 0.222 e. The van der Waals surface area contributed by atoms with Gasteiger partial charge in [-0.1, -0.05) is 55.8 Å². The summed E-state index contributed by atoms with van der Waals surface area (Å²) in [5.74, 6) is 1.32. The predicted octanol–water partition coefficient (Wildman–Crippen LogP) is 5.12. The van der Waals surface area contributed by atoms with Crippen molar-refractivity contribution in [2.24, 2.45) is 17.8 Å². The Morgan fingerprint density at radius 2 is 2.00 bits per heavy atom. The molecule has 1 saturated carbocycles. The van der Waals surface area contributed by atoms with Crippen LogP contribution >= 0.6 is 11.6 Å². The van der Waals surface area contributed by atoms with Gasteiger partial charge in [-0.05, 0) is 81.6 Å². The Kier molecular flexibility index (Phi) is 11.2. The SMILES string of the molecule is CNC[C@@H](CC(=O)N1CCC[C@@H]([C@@](O)(CCCCO)c2cccc(Cl)c2)C1)CC1CCCCC1. The van der Waals surface area contributed by atoms with Crippen LogP contribution in [0.5, 0.6) is 0 Å². The van der Waals surface area contributed by atoms with Gasteiger partial charge in [0.25, 0.3) is 0 Å². The van der Waals surface area contributed by atoms with E-state index in [1.165, 1.54) is 32.1 Å². The van der Waals surface area contributed by atoms with Crippen molar-refractivity contribution < 1.29 is 15.0 Å². The average Bonchev–Trinajstić information content (AvgIpc) is 2.85. The zero-order valence-electron chi connectivity index (χ0n) is 21.0. The van der Waals surface area contributed by atoms with E-state index in [0.717, 1.165) is 50.3 Å². The van der Waals surface area contributed by atoms with Crippen molar-refractivity contribution in [1.82, 2.24) is 10.2 Å². The molecule has 192 valence electrons. The van der Waals surface area contributed by atoms with Crippen LogP contribution in [0.1, 0.15) is 82.6 Å². The molecule has 3 N–H and O–H groups in total. The van der Waals surface area contributed by atoms with E-state index < -0.39 is 5.60 Å². The summed E-state index contributed by atoms with van der Waals surface area (Å²) in [6.07, 6.45) is 12.1. The normalized spacial score (nSPS) is 22.4. The summed E-state index contributed by atoms with van der Waals surface area (Å²) in [6, 6.07) is 7.51. The molecule has 3 rings (SSSR count). The van der Waals surface area contributed by atoms with Crippen molar-refractivity contribution in [3.8, 4) is 0 Å². The van der Waals surface area contributed by atoms with Gasteiger partial charge in [-0.25, -0.2) is 0 Å². The summed E-state index contributed by atoms with van der Waals surface area (Å²) in [5.41, 5.74) is -0.228. The molecular weight excluding hydrogens is 448 g/mol. The molecule has 3 atom stereocenters. The number of rotatable bonds is 12. The quantitative estimate of drug-likeness (QED) is 0.354. The number of hydrogen-bond donors (Lipinski definition) is 3. The largest absolute Gasteiger partial charge is 0.396 e. The molecule has 1 aliphatic carbocycles. The Bertz CT molecular complexity index is 755. The van der Waals surface area contributed by atoms with Crippen molar-refractivity contribution in [3.63, 3.8) is 0 Å². The second-order valence-electron chi connectivity index (χ2n) is 10.7. The predicted molar refractivity (Wildman–Crippen MR) is 139 cm³/mol. The van der Waals surface area contributed by atoms with Crippen LogP contribution in [-0.2, 0) is 10.4 Å². The summed E-state index contributed by atoms with van der Waals surface area (Å²) in [5, 5.41) is 25.2. The number of amides is 1. The van der Waals surface area contributed by atoms with Gasteiger partial charge in [0, 0.05) is 37.1 Å². The molecular formula is C28H45ClN2O3. The minimum atomic E-state index is -1.05. The Morgan fingerprint density at radius 1 is 1.21 bits per heavy atom. The maximum absolute atomic E-state index is 13.4. The van der Waals surface area contributed by atoms with Crippen molar-refractivity contribution >= 4 is 17.5 Å². The van der Waals surface area contributed by atoms with E-state index in [0.29, 0.717) is 36.7 Å². The molecule has 0 spiro atoms. The summed E-state index contributed by atoms with van der Waals surface area (Å²) >= 11 is 6.28. The third-order valence-electron chi connectivity index (χ3n) is 8.09. The number of benzene rings is 1. The van der Waals surface area contributed by atoms with Crippen molar-refractivity contribution in [3.05, 3.63) is 34.9 Å². The molecule has 1 aliphatic heterocycles. The van der Waals surface area contributed by atoms with E-state index in [1.807, 2.05) is 36.2 Å². The maximum atomic E-state index is 13.4. The number of hydrogen-bond acceptors (Lipinski definition) is 4. The number of aliphatic hydroxyl groups excluding tert-OH is 1. The van der Waals surface area contributed by atoms with Crippen LogP contribution in [0.25, 0.3) is 0 Å². The van der Waals surface area contributed by atoms with Gasteiger partial charge in [-0.15, -0.1) is 0 Å². The van der Waals surface area contributed by atoms with Gasteiger partial charge in [-0.2, -0.15) is 0 Å². The van der Waals surface area contributed by atoms with E-state index in [9.17, 15) is 15.0 Å². The first-order valence-corrected chi connectivity index (χ1v) is 13.9. The fourth-order valence-electron chi connectivity index (χ4n) is 6.24. The van der Waals surface area contributed by atoms with Crippen LogP contribution in [-0.4, -0.2) is 54.3 Å². The number of likely N-dealkylation sites (tertiary alicyclic amines) is 1. The van der Waals surface area contributed by atoms with Crippen LogP contribution in [0, 0.1) is 17.8 Å². The lowest BCUT2D eigenvalue weighted by molar-refractivity contribution is -0.138. The van der Waals surface area contributed by atoms with Crippen LogP contribution in [0.2, 0.25) is 5.02 Å². The molecule has 0 unspecified atom stereocenters. The number of piperidine rings is 1. The molecule has 0 radical (unpaired) electrons. The fraction of sp³-hybridized carbons (Fsp3) is 0.750. The van der Waals surface area contributed by atoms with Gasteiger partial charge in [0.1, 0.15) is 0 Å². The van der Waals surface area contributed by atoms with Gasteiger partial charge in [-0.3, -0.25) is 4.79 Å². The molecule has 1 amide bonds. The summed E-state index contributed by atoms with van der Waals surface area (Å²) < 4.78 is 0. The highest BCUT2D eigenvalue weighted by Gasteiger charge is 2.41. The van der Waals surface area contributed by atoms with E-state index in [1.54, 1.807) is 0 Å². The number of unbranched alkanes of at least 4 members (excludes halogenated alkanes) is 1. The number of carbonyl (C=O) groups excluding carboxylic acids is 1. The molecule has 2 fully saturated rings. The molecule has 1 aromatic carbocycles. The number of nitrogens with one attached hydrogen (secondary N) is 1. The third kappa shape index (κ3) is 7.68. The Hall–Kier alpha value is -1.14. The lowest BCUT2D eigenvalue weighted by atomic mass is 9.74. The van der Waals surface area contributed by atoms with E-state index >= 15 is 0 Å². The first-order valence-electron chi connectivity index (χ1n) is 13.5. The Morgan fingerprint density at radius 3 is 2.71 bits per heavy atom. The Balaban J connectivity index is 1.68. The van der Waals surface area contributed by atoms with Gasteiger partial charge in [0.05, 0.1) is 5.60 Å². The molecule has 1 saturated heterocycles. The van der Waals surface area contributed by atoms with Crippen LogP contribution in [0.3, 0.4) is 0 Å². The lowest BCUT2D eigenvalue weighted by Gasteiger charge is -2.43. The lowest BCUT2D eigenvalue weighted by Crippen LogP contribution is -2.48. The summed E-state index contributed by atoms with van der Waals surface area (Å²) in [6.45, 7) is 2.35. The second kappa shape index (κ2) is 13.8. The highest BCUT2D eigenvalue weighted by molar-refractivity contribution is 6.30. The van der Waals surface area contributed by atoms with Crippen molar-refractivity contribution in [2.75, 3.05) is 33.3 Å². The van der Waals surface area contributed by atoms with Crippen molar-refractivity contribution in [2.45, 2.75) is 82.7 Å². The summed E-state index contributed by atoms with van der Waals surface area (Å²) in [7, 11) is 1.98. The fourth-order valence-corrected chi connectivity index (χ4v) is 6.43. The molecule has 6 heteroatoms. The third-order valence-corrected chi connectivity index (χ3v) is 8.32. The molecule has 5 nitrogen and oxygen atoms in total. The van der Waals surface area contributed by atoms with E-state index in [2.05, 4.69) is 5.32 Å². The molecule has 0 aromatic heterocycles. The number of aliphatic hydroxyl groups is 2. The first kappa shape index (κ1) is 27.4. The van der Waals surface area contributed by atoms with Gasteiger partial charge in [0.15, 0.2) is 0 Å². The summed E-state index contributed by atoms with van der Waals surface area (Å²) in [4.78, 5) is 15.4. The highest BCUT2D eigenvalue weighted by Crippen LogP contribution is 2.40. The molecule has 1 heterocycles. The van der Waals surface area contributed by atoms with Crippen LogP contribution < -0.4 is 5.32 Å². The van der Waals surface area contributed by atoms with Crippen LogP contribution in [0.15, 0.2) is 24.3 Å².